The third kappa shape index (κ3) is 4.59. The number of aliphatic hydroxyl groups is 1. The Bertz CT molecular complexity index is 1330. The Balaban J connectivity index is 0.00000178. The summed E-state index contributed by atoms with van der Waals surface area (Å²) in [4.78, 5) is 13.7. The molecule has 0 bridgehead atoms. The second kappa shape index (κ2) is 10.2. The van der Waals surface area contributed by atoms with Crippen molar-refractivity contribution in [2.24, 2.45) is 0 Å². The van der Waals surface area contributed by atoms with E-state index in [2.05, 4.69) is 5.32 Å². The molecule has 5 rings (SSSR count). The van der Waals surface area contributed by atoms with E-state index in [0.29, 0.717) is 13.0 Å². The number of sulfonamides is 1. The Labute approximate surface area is 217 Å². The Morgan fingerprint density at radius 1 is 0.944 bits per heavy atom. The monoisotopic (exact) mass is 510 g/mol. The number of rotatable bonds is 7. The second-order valence-corrected chi connectivity index (χ2v) is 11.7. The molecule has 1 atom stereocenters. The number of anilines is 1. The lowest BCUT2D eigenvalue weighted by Gasteiger charge is -2.28. The fourth-order valence-corrected chi connectivity index (χ4v) is 7.36. The maximum Gasteiger partial charge on any atom is 0.243 e. The van der Waals surface area contributed by atoms with Gasteiger partial charge in [-0.25, -0.2) is 8.42 Å². The van der Waals surface area contributed by atoms with Crippen LogP contribution >= 0.6 is 0 Å². The second-order valence-electron chi connectivity index (χ2n) is 9.81. The van der Waals surface area contributed by atoms with Crippen molar-refractivity contribution in [3.63, 3.8) is 0 Å². The zero-order valence-corrected chi connectivity index (χ0v) is 21.1. The molecule has 2 N–H and O–H groups in total. The number of hydrogen-bond acceptors (Lipinski definition) is 4. The number of hydrogen-bond donors (Lipinski definition) is 2. The van der Waals surface area contributed by atoms with E-state index in [4.69, 9.17) is 0 Å². The molecule has 36 heavy (non-hydrogen) atoms. The molecule has 194 valence electrons. The van der Waals surface area contributed by atoms with Crippen molar-refractivity contribution in [3.05, 3.63) is 84.4 Å². The average Bonchev–Trinajstić information content (AvgIpc) is 3.61. The Kier molecular flexibility index (Phi) is 6.97. The van der Waals surface area contributed by atoms with Gasteiger partial charge in [0.05, 0.1) is 16.9 Å². The molecular weight excluding hydrogens is 472 g/mol. The van der Waals surface area contributed by atoms with Crippen molar-refractivity contribution in [1.82, 2.24) is 4.31 Å². The Morgan fingerprint density at radius 3 is 2.36 bits per heavy atom. The van der Waals surface area contributed by atoms with Gasteiger partial charge in [-0.05, 0) is 66.6 Å². The first kappa shape index (κ1) is 24.7. The van der Waals surface area contributed by atoms with Gasteiger partial charge in [-0.3, -0.25) is 4.79 Å². The van der Waals surface area contributed by atoms with Gasteiger partial charge in [-0.2, -0.15) is 4.31 Å². The first-order valence-electron chi connectivity index (χ1n) is 12.6. The van der Waals surface area contributed by atoms with E-state index in [1.54, 1.807) is 24.3 Å². The van der Waals surface area contributed by atoms with Crippen molar-refractivity contribution in [2.75, 3.05) is 18.5 Å². The molecule has 2 fully saturated rings. The predicted molar refractivity (Wildman–Crippen MR) is 147 cm³/mol. The molecule has 6 nitrogen and oxygen atoms in total. The quantitative estimate of drug-likeness (QED) is 0.428. The molecule has 1 saturated heterocycles. The molecule has 1 heterocycles. The smallest absolute Gasteiger partial charge is 0.243 e. The van der Waals surface area contributed by atoms with Crippen molar-refractivity contribution in [3.8, 4) is 11.1 Å². The van der Waals surface area contributed by atoms with Gasteiger partial charge in [0.2, 0.25) is 15.9 Å². The van der Waals surface area contributed by atoms with Crippen molar-refractivity contribution in [2.45, 2.75) is 54.9 Å². The molecule has 2 aliphatic rings. The summed E-state index contributed by atoms with van der Waals surface area (Å²) in [5.74, 6) is 0.0221. The molecule has 0 aromatic heterocycles. The van der Waals surface area contributed by atoms with E-state index in [-0.39, 0.29) is 27.7 Å². The molecule has 0 spiro atoms. The van der Waals surface area contributed by atoms with Crippen molar-refractivity contribution < 1.29 is 22.6 Å². The highest BCUT2D eigenvalue weighted by atomic mass is 32.2. The Hall–Kier alpha value is -3.00. The molecule has 3 aromatic carbocycles. The molecule has 1 aliphatic heterocycles. The van der Waals surface area contributed by atoms with Crippen LogP contribution in [0.15, 0.2) is 83.8 Å². The predicted octanol–water partition coefficient (Wildman–Crippen LogP) is 5.69. The van der Waals surface area contributed by atoms with Crippen LogP contribution in [-0.2, 0) is 20.2 Å². The fraction of sp³-hybridized carbons (Fsp3) is 0.345. The normalized spacial score (nSPS) is 19.9. The van der Waals surface area contributed by atoms with Gasteiger partial charge in [0.15, 0.2) is 0 Å². The van der Waals surface area contributed by atoms with Crippen molar-refractivity contribution in [1.29, 1.82) is 0 Å². The topological polar surface area (TPSA) is 86.7 Å². The lowest BCUT2D eigenvalue weighted by molar-refractivity contribution is -0.121. The summed E-state index contributed by atoms with van der Waals surface area (Å²) in [5.41, 5.74) is 3.04. The van der Waals surface area contributed by atoms with E-state index in [9.17, 15) is 18.3 Å². The van der Waals surface area contributed by atoms with E-state index in [0.717, 1.165) is 54.5 Å². The van der Waals surface area contributed by atoms with Gasteiger partial charge >= 0.3 is 0 Å². The van der Waals surface area contributed by atoms with Crippen LogP contribution in [-0.4, -0.2) is 42.9 Å². The maximum absolute atomic E-state index is 13.5. The highest BCUT2D eigenvalue weighted by molar-refractivity contribution is 7.89. The summed E-state index contributed by atoms with van der Waals surface area (Å²) in [6.07, 6.45) is 5.19. The standard InChI is InChI=1S/C29H32N2O4S.3H2/c32-21-26-12-7-19-31(26)36(34,35)27-15-13-22(14-16-27)23-8-6-11-25(20-23)30-28(33)29(17-4-5-18-29)24-9-2-1-3-10-24;;;/h1-3,6,8-11,13-16,20,26,32H,4-5,7,12,17-19,21H2,(H,30,33);3*1H/t26-;;;/m1.../s1. The summed E-state index contributed by atoms with van der Waals surface area (Å²) in [6.45, 7) is 0.267. The zero-order chi connectivity index (χ0) is 25.2. The first-order valence-corrected chi connectivity index (χ1v) is 14.1. The largest absolute Gasteiger partial charge is 0.395 e. The average molecular weight is 511 g/mol. The number of nitrogens with zero attached hydrogens (tertiary/aromatic N) is 1. The third-order valence-electron chi connectivity index (χ3n) is 7.67. The molecule has 1 amide bonds. The number of nitrogens with one attached hydrogen (secondary N) is 1. The van der Waals surface area contributed by atoms with Crippen LogP contribution < -0.4 is 5.32 Å². The lowest BCUT2D eigenvalue weighted by atomic mass is 9.78. The SMILES string of the molecule is O=C(Nc1cccc(-c2ccc(S(=O)(=O)N3CCC[C@@H]3CO)cc2)c1)C1(c2ccccc2)CCCC1.[HH].[HH].[HH]. The van der Waals surface area contributed by atoms with Gasteiger partial charge in [-0.15, -0.1) is 0 Å². The van der Waals surface area contributed by atoms with E-state index < -0.39 is 15.4 Å². The minimum atomic E-state index is -3.65. The van der Waals surface area contributed by atoms with E-state index in [1.807, 2.05) is 54.6 Å². The van der Waals surface area contributed by atoms with Crippen LogP contribution in [0.1, 0.15) is 48.4 Å². The molecule has 3 aromatic rings. The third-order valence-corrected chi connectivity index (χ3v) is 9.63. The summed E-state index contributed by atoms with van der Waals surface area (Å²) in [6, 6.07) is 24.2. The summed E-state index contributed by atoms with van der Waals surface area (Å²) >= 11 is 0. The first-order chi connectivity index (χ1) is 17.4. The summed E-state index contributed by atoms with van der Waals surface area (Å²) in [7, 11) is -3.65. The van der Waals surface area contributed by atoms with Crippen LogP contribution in [0.4, 0.5) is 5.69 Å². The zero-order valence-electron chi connectivity index (χ0n) is 20.3. The lowest BCUT2D eigenvalue weighted by Crippen LogP contribution is -2.37. The molecule has 1 aliphatic carbocycles. The van der Waals surface area contributed by atoms with Crippen LogP contribution in [0.5, 0.6) is 0 Å². The highest BCUT2D eigenvalue weighted by Gasteiger charge is 2.42. The molecular formula is C29H38N2O4S. The van der Waals surface area contributed by atoms with Crippen LogP contribution in [0.3, 0.4) is 0 Å². The Morgan fingerprint density at radius 2 is 1.67 bits per heavy atom. The van der Waals surface area contributed by atoms with Crippen LogP contribution in [0, 0.1) is 0 Å². The number of aliphatic hydroxyl groups excluding tert-OH is 1. The summed E-state index contributed by atoms with van der Waals surface area (Å²) < 4.78 is 27.5. The van der Waals surface area contributed by atoms with Gasteiger partial charge < -0.3 is 10.4 Å². The summed E-state index contributed by atoms with van der Waals surface area (Å²) in [5, 5.41) is 12.7. The van der Waals surface area contributed by atoms with Gasteiger partial charge in [0, 0.05) is 22.6 Å². The van der Waals surface area contributed by atoms with Gasteiger partial charge in [-0.1, -0.05) is 67.4 Å². The highest BCUT2D eigenvalue weighted by Crippen LogP contribution is 2.42. The molecule has 1 saturated carbocycles. The van der Waals surface area contributed by atoms with Crippen LogP contribution in [0.2, 0.25) is 0 Å². The molecule has 0 unspecified atom stereocenters. The van der Waals surface area contributed by atoms with Crippen LogP contribution in [0.25, 0.3) is 11.1 Å². The van der Waals surface area contributed by atoms with E-state index >= 15 is 0 Å². The number of carbonyl (C=O) groups is 1. The van der Waals surface area contributed by atoms with Crippen molar-refractivity contribution >= 4 is 21.6 Å². The maximum atomic E-state index is 13.5. The van der Waals surface area contributed by atoms with Gasteiger partial charge in [0.1, 0.15) is 0 Å². The van der Waals surface area contributed by atoms with E-state index in [1.165, 1.54) is 4.31 Å². The number of carbonyl (C=O) groups excluding carboxylic acids is 1. The molecule has 7 heteroatoms. The minimum Gasteiger partial charge on any atom is -0.395 e. The van der Waals surface area contributed by atoms with Gasteiger partial charge in [0.25, 0.3) is 0 Å². The number of benzene rings is 3. The molecule has 0 radical (unpaired) electrons. The minimum absolute atomic E-state index is 0. The number of amides is 1. The fourth-order valence-electron chi connectivity index (χ4n) is 5.67.